The Bertz CT molecular complexity index is 1220. The number of anilines is 1. The minimum absolute atomic E-state index is 0. The maximum Gasteiger partial charge on any atom is 0.416 e. The van der Waals surface area contributed by atoms with E-state index in [-0.39, 0.29) is 35.7 Å². The minimum atomic E-state index is -4.81. The Kier molecular flexibility index (Phi) is 10.3. The van der Waals surface area contributed by atoms with Gasteiger partial charge in [0.1, 0.15) is 23.5 Å². The molecule has 2 aromatic carbocycles. The van der Waals surface area contributed by atoms with E-state index in [1.54, 1.807) is 0 Å². The van der Waals surface area contributed by atoms with E-state index in [2.05, 4.69) is 5.10 Å². The van der Waals surface area contributed by atoms with Crippen molar-refractivity contribution in [1.82, 2.24) is 4.90 Å². The molecule has 3 N–H and O–H groups in total. The third-order valence-electron chi connectivity index (χ3n) is 5.59. The number of ether oxygens (including phenoxy) is 1. The number of piperidine rings is 1. The number of carboxylic acids is 1. The predicted octanol–water partition coefficient (Wildman–Crippen LogP) is 4.05. The molecule has 204 valence electrons. The molecule has 1 aliphatic heterocycles. The monoisotopic (exact) mass is 584 g/mol. The van der Waals surface area contributed by atoms with Gasteiger partial charge in [0, 0.05) is 13.1 Å². The zero-order valence-electron chi connectivity index (χ0n) is 19.3. The van der Waals surface area contributed by atoms with E-state index in [0.717, 1.165) is 18.2 Å². The standard InChI is InChI=1S/C22H24ClF3N4O5S.ClH/c23-17-3-1-2-4-20(17)36(33,34)30(12-21(31)32)18-11-16(22(24,25)26)5-6-19(18)35-13-15-7-9-29(10-8-15)14-28-27;/h1-6,11,14-15H,7-10,12-13,27H2,(H,31,32);1H/b28-14+;. The third-order valence-corrected chi connectivity index (χ3v) is 7.85. The fourth-order valence-corrected chi connectivity index (χ4v) is 5.66. The lowest BCUT2D eigenvalue weighted by molar-refractivity contribution is -0.137. The van der Waals surface area contributed by atoms with Crippen LogP contribution in [0.25, 0.3) is 0 Å². The van der Waals surface area contributed by atoms with Gasteiger partial charge in [0.2, 0.25) is 0 Å². The van der Waals surface area contributed by atoms with E-state index < -0.39 is 44.9 Å². The fraction of sp³-hybridized carbons (Fsp3) is 0.364. The van der Waals surface area contributed by atoms with Gasteiger partial charge in [-0.15, -0.1) is 12.4 Å². The van der Waals surface area contributed by atoms with Crippen LogP contribution in [-0.2, 0) is 21.0 Å². The van der Waals surface area contributed by atoms with Crippen LogP contribution in [0.4, 0.5) is 18.9 Å². The van der Waals surface area contributed by atoms with Crippen molar-refractivity contribution in [1.29, 1.82) is 0 Å². The third kappa shape index (κ3) is 7.55. The first-order valence-corrected chi connectivity index (χ1v) is 12.6. The summed E-state index contributed by atoms with van der Waals surface area (Å²) in [6.45, 7) is 0.211. The zero-order valence-corrected chi connectivity index (χ0v) is 21.7. The van der Waals surface area contributed by atoms with Gasteiger partial charge in [-0.05, 0) is 49.1 Å². The van der Waals surface area contributed by atoms with Crippen molar-refractivity contribution >= 4 is 52.0 Å². The molecule has 0 unspecified atom stereocenters. The Morgan fingerprint density at radius 3 is 2.46 bits per heavy atom. The number of alkyl halides is 3. The van der Waals surface area contributed by atoms with Crippen LogP contribution < -0.4 is 14.9 Å². The second-order valence-electron chi connectivity index (χ2n) is 8.07. The normalized spacial score (nSPS) is 14.9. The first-order chi connectivity index (χ1) is 16.9. The minimum Gasteiger partial charge on any atom is -0.491 e. The predicted molar refractivity (Wildman–Crippen MR) is 135 cm³/mol. The van der Waals surface area contributed by atoms with Crippen molar-refractivity contribution in [3.8, 4) is 5.75 Å². The summed E-state index contributed by atoms with van der Waals surface area (Å²) in [6, 6.07) is 7.55. The van der Waals surface area contributed by atoms with Crippen LogP contribution in [-0.4, -0.2) is 57.0 Å². The van der Waals surface area contributed by atoms with Crippen LogP contribution in [0, 0.1) is 5.92 Å². The number of hydrogen-bond donors (Lipinski definition) is 2. The summed E-state index contributed by atoms with van der Waals surface area (Å²) in [5, 5.41) is 12.7. The van der Waals surface area contributed by atoms with Crippen LogP contribution in [0.5, 0.6) is 5.75 Å². The second-order valence-corrected chi connectivity index (χ2v) is 10.3. The van der Waals surface area contributed by atoms with Crippen LogP contribution in [0.15, 0.2) is 52.5 Å². The zero-order chi connectivity index (χ0) is 26.5. The van der Waals surface area contributed by atoms with E-state index in [4.69, 9.17) is 22.2 Å². The van der Waals surface area contributed by atoms with E-state index in [1.165, 1.54) is 24.5 Å². The Morgan fingerprint density at radius 2 is 1.89 bits per heavy atom. The SMILES string of the molecule is Cl.N/N=C/N1CCC(COc2ccc(C(F)(F)F)cc2N(CC(=O)O)S(=O)(=O)c2ccccc2Cl)CC1. The summed E-state index contributed by atoms with van der Waals surface area (Å²) in [5.41, 5.74) is -1.72. The van der Waals surface area contributed by atoms with E-state index >= 15 is 0 Å². The summed E-state index contributed by atoms with van der Waals surface area (Å²) < 4.78 is 73.5. The van der Waals surface area contributed by atoms with Crippen molar-refractivity contribution in [3.05, 3.63) is 53.1 Å². The molecule has 9 nitrogen and oxygen atoms in total. The second kappa shape index (κ2) is 12.6. The topological polar surface area (TPSA) is 126 Å². The number of likely N-dealkylation sites (tertiary alicyclic amines) is 1. The van der Waals surface area contributed by atoms with E-state index in [1.807, 2.05) is 4.90 Å². The summed E-state index contributed by atoms with van der Waals surface area (Å²) in [4.78, 5) is 13.1. The molecule has 1 saturated heterocycles. The molecule has 0 bridgehead atoms. The number of nitrogens with two attached hydrogens (primary N) is 1. The van der Waals surface area contributed by atoms with Gasteiger partial charge in [-0.25, -0.2) is 8.42 Å². The molecule has 3 rings (SSSR count). The highest BCUT2D eigenvalue weighted by Gasteiger charge is 2.36. The van der Waals surface area contributed by atoms with Gasteiger partial charge in [-0.2, -0.15) is 18.3 Å². The molecule has 2 aromatic rings. The van der Waals surface area contributed by atoms with Gasteiger partial charge in [0.15, 0.2) is 0 Å². The van der Waals surface area contributed by atoms with Gasteiger partial charge in [-0.1, -0.05) is 23.7 Å². The molecule has 1 aliphatic rings. The first kappa shape index (κ1) is 30.3. The summed E-state index contributed by atoms with van der Waals surface area (Å²) >= 11 is 6.03. The average molecular weight is 585 g/mol. The first-order valence-electron chi connectivity index (χ1n) is 10.7. The molecule has 15 heteroatoms. The number of nitrogens with zero attached hydrogens (tertiary/aromatic N) is 3. The molecule has 0 aliphatic carbocycles. The fourth-order valence-electron chi connectivity index (χ4n) is 3.74. The molecule has 37 heavy (non-hydrogen) atoms. The maximum atomic E-state index is 13.5. The number of halogens is 5. The van der Waals surface area contributed by atoms with Gasteiger partial charge in [0.05, 0.1) is 22.9 Å². The highest BCUT2D eigenvalue weighted by molar-refractivity contribution is 7.93. The number of carboxylic acid groups (broad SMARTS) is 1. The number of benzene rings is 2. The number of aliphatic carboxylic acids is 1. The quantitative estimate of drug-likeness (QED) is 0.197. The van der Waals surface area contributed by atoms with Gasteiger partial charge >= 0.3 is 12.1 Å². The van der Waals surface area contributed by atoms with Crippen molar-refractivity contribution in [2.75, 3.05) is 30.5 Å². The Balaban J connectivity index is 0.00000481. The molecule has 0 atom stereocenters. The Labute approximate surface area is 223 Å². The Hall–Kier alpha value is -2.90. The largest absolute Gasteiger partial charge is 0.491 e. The number of carbonyl (C=O) groups is 1. The van der Waals surface area contributed by atoms with Gasteiger partial charge < -0.3 is 20.6 Å². The van der Waals surface area contributed by atoms with Crippen LogP contribution >= 0.6 is 24.0 Å². The summed E-state index contributed by atoms with van der Waals surface area (Å²) in [6.07, 6.45) is -1.94. The highest BCUT2D eigenvalue weighted by atomic mass is 35.5. The van der Waals surface area contributed by atoms with Crippen LogP contribution in [0.3, 0.4) is 0 Å². The van der Waals surface area contributed by atoms with Crippen LogP contribution in [0.2, 0.25) is 5.02 Å². The number of hydrazone groups is 1. The van der Waals surface area contributed by atoms with Crippen molar-refractivity contribution in [3.63, 3.8) is 0 Å². The number of hydrogen-bond acceptors (Lipinski definition) is 6. The van der Waals surface area contributed by atoms with Crippen molar-refractivity contribution < 1.29 is 36.2 Å². The number of rotatable bonds is 9. The van der Waals surface area contributed by atoms with Gasteiger partial charge in [-0.3, -0.25) is 9.10 Å². The summed E-state index contributed by atoms with van der Waals surface area (Å²) in [5.74, 6) is 3.40. The smallest absolute Gasteiger partial charge is 0.416 e. The number of sulfonamides is 1. The Morgan fingerprint density at radius 1 is 1.24 bits per heavy atom. The highest BCUT2D eigenvalue weighted by Crippen LogP contribution is 2.40. The lowest BCUT2D eigenvalue weighted by Gasteiger charge is -2.31. The van der Waals surface area contributed by atoms with E-state index in [0.29, 0.717) is 36.3 Å². The summed E-state index contributed by atoms with van der Waals surface area (Å²) in [7, 11) is -4.68. The molecular formula is C22H25Cl2F3N4O5S. The molecule has 0 radical (unpaired) electrons. The molecular weight excluding hydrogens is 560 g/mol. The van der Waals surface area contributed by atoms with Crippen molar-refractivity contribution in [2.45, 2.75) is 23.9 Å². The van der Waals surface area contributed by atoms with Crippen molar-refractivity contribution in [2.24, 2.45) is 16.9 Å². The molecule has 0 saturated carbocycles. The molecule has 0 spiro atoms. The molecule has 0 aromatic heterocycles. The molecule has 0 amide bonds. The lowest BCUT2D eigenvalue weighted by Crippen LogP contribution is -2.37. The molecule has 1 fully saturated rings. The van der Waals surface area contributed by atoms with Crippen LogP contribution in [0.1, 0.15) is 18.4 Å². The average Bonchev–Trinajstić information content (AvgIpc) is 2.81. The van der Waals surface area contributed by atoms with E-state index in [9.17, 15) is 31.5 Å². The maximum absolute atomic E-state index is 13.5. The molecule has 1 heterocycles. The lowest BCUT2D eigenvalue weighted by atomic mass is 9.98. The van der Waals surface area contributed by atoms with Gasteiger partial charge in [0.25, 0.3) is 10.0 Å².